The maximum absolute atomic E-state index is 11.6. The van der Waals surface area contributed by atoms with Gasteiger partial charge in [-0.15, -0.1) is 0 Å². The zero-order valence-electron chi connectivity index (χ0n) is 9.43. The van der Waals surface area contributed by atoms with E-state index in [1.807, 2.05) is 13.8 Å². The van der Waals surface area contributed by atoms with Crippen molar-refractivity contribution in [1.29, 1.82) is 0 Å². The number of carbonyl (C=O) groups is 1. The van der Waals surface area contributed by atoms with Crippen LogP contribution in [0.5, 0.6) is 0 Å². The fraction of sp³-hybridized carbons (Fsp3) is 0.889. The predicted molar refractivity (Wildman–Crippen MR) is 58.1 cm³/mol. The molecule has 0 heterocycles. The number of rotatable bonds is 7. The van der Waals surface area contributed by atoms with E-state index in [1.54, 1.807) is 0 Å². The van der Waals surface area contributed by atoms with Gasteiger partial charge in [-0.2, -0.15) is 0 Å². The van der Waals surface area contributed by atoms with Gasteiger partial charge in [-0.05, 0) is 12.3 Å². The Kier molecular flexibility index (Phi) is 5.82. The molecule has 15 heavy (non-hydrogen) atoms. The molecule has 1 N–H and O–H groups in total. The molecule has 0 rings (SSSR count). The van der Waals surface area contributed by atoms with E-state index in [4.69, 9.17) is 5.11 Å². The van der Waals surface area contributed by atoms with Crippen molar-refractivity contribution in [2.24, 2.45) is 5.92 Å². The first kappa shape index (κ1) is 14.4. The zero-order chi connectivity index (χ0) is 12.1. The quantitative estimate of drug-likeness (QED) is 0.709. The van der Waals surface area contributed by atoms with Crippen LogP contribution in [0.2, 0.25) is 0 Å². The number of carboxylic acid groups (broad SMARTS) is 1. The van der Waals surface area contributed by atoms with Crippen molar-refractivity contribution in [1.82, 2.24) is 4.31 Å². The second-order valence-corrected chi connectivity index (χ2v) is 6.16. The third-order valence-electron chi connectivity index (χ3n) is 2.07. The van der Waals surface area contributed by atoms with Crippen LogP contribution in [0.15, 0.2) is 0 Å². The molecule has 0 radical (unpaired) electrons. The van der Waals surface area contributed by atoms with Crippen molar-refractivity contribution in [2.45, 2.75) is 26.7 Å². The molecule has 0 amide bonds. The average molecular weight is 237 g/mol. The highest BCUT2D eigenvalue weighted by atomic mass is 32.2. The number of hydrogen-bond donors (Lipinski definition) is 1. The van der Waals surface area contributed by atoms with E-state index in [1.165, 1.54) is 7.05 Å². The second kappa shape index (κ2) is 6.07. The van der Waals surface area contributed by atoms with Gasteiger partial charge >= 0.3 is 5.97 Å². The van der Waals surface area contributed by atoms with Crippen LogP contribution in [0.4, 0.5) is 0 Å². The molecular formula is C9H19NO4S. The fourth-order valence-electron chi connectivity index (χ4n) is 0.933. The minimum atomic E-state index is -3.28. The summed E-state index contributed by atoms with van der Waals surface area (Å²) in [5.74, 6) is -0.575. The lowest BCUT2D eigenvalue weighted by Crippen LogP contribution is -2.31. The smallest absolute Gasteiger partial charge is 0.304 e. The first-order valence-corrected chi connectivity index (χ1v) is 6.52. The molecule has 0 saturated heterocycles. The lowest BCUT2D eigenvalue weighted by atomic mass is 10.2. The van der Waals surface area contributed by atoms with Crippen molar-refractivity contribution >= 4 is 16.0 Å². The van der Waals surface area contributed by atoms with E-state index in [9.17, 15) is 13.2 Å². The first-order chi connectivity index (χ1) is 6.75. The van der Waals surface area contributed by atoms with Gasteiger partial charge in [-0.3, -0.25) is 4.79 Å². The monoisotopic (exact) mass is 237 g/mol. The molecule has 0 aliphatic carbocycles. The van der Waals surface area contributed by atoms with Gasteiger partial charge in [0.2, 0.25) is 10.0 Å². The molecule has 0 bridgehead atoms. The molecule has 0 fully saturated rings. The Morgan fingerprint density at radius 2 is 1.93 bits per heavy atom. The summed E-state index contributed by atoms with van der Waals surface area (Å²) in [7, 11) is -1.87. The van der Waals surface area contributed by atoms with E-state index in [0.717, 1.165) is 4.31 Å². The van der Waals surface area contributed by atoms with Crippen LogP contribution in [-0.4, -0.2) is 43.1 Å². The second-order valence-electron chi connectivity index (χ2n) is 3.96. The van der Waals surface area contributed by atoms with E-state index in [-0.39, 0.29) is 18.7 Å². The van der Waals surface area contributed by atoms with Crippen molar-refractivity contribution in [2.75, 3.05) is 19.3 Å². The van der Waals surface area contributed by atoms with Gasteiger partial charge < -0.3 is 5.11 Å². The molecule has 0 aliphatic rings. The summed E-state index contributed by atoms with van der Waals surface area (Å²) in [5.41, 5.74) is 0. The van der Waals surface area contributed by atoms with Gasteiger partial charge in [0.05, 0.1) is 12.2 Å². The third kappa shape index (κ3) is 6.46. The Bertz CT molecular complexity index is 297. The summed E-state index contributed by atoms with van der Waals surface area (Å²) >= 11 is 0. The Hall–Kier alpha value is -0.620. The average Bonchev–Trinajstić information content (AvgIpc) is 2.11. The Morgan fingerprint density at radius 1 is 1.40 bits per heavy atom. The number of hydrogen-bond acceptors (Lipinski definition) is 3. The standard InChI is InChI=1S/C9H19NO4S/c1-8(2)5-7-15(13,14)10(3)6-4-9(11)12/h8H,4-7H2,1-3H3,(H,11,12). The lowest BCUT2D eigenvalue weighted by Gasteiger charge is -2.16. The third-order valence-corrected chi connectivity index (χ3v) is 3.95. The fourth-order valence-corrected chi connectivity index (χ4v) is 2.38. The minimum Gasteiger partial charge on any atom is -0.481 e. The summed E-state index contributed by atoms with van der Waals surface area (Å²) in [4.78, 5) is 10.3. The summed E-state index contributed by atoms with van der Waals surface area (Å²) in [5, 5.41) is 8.42. The summed E-state index contributed by atoms with van der Waals surface area (Å²) in [6, 6.07) is 0. The van der Waals surface area contributed by atoms with Crippen molar-refractivity contribution < 1.29 is 18.3 Å². The number of sulfonamides is 1. The van der Waals surface area contributed by atoms with Gasteiger partial charge in [0, 0.05) is 13.6 Å². The molecule has 0 aromatic heterocycles. The highest BCUT2D eigenvalue weighted by Gasteiger charge is 2.18. The van der Waals surface area contributed by atoms with E-state index in [2.05, 4.69) is 0 Å². The van der Waals surface area contributed by atoms with E-state index < -0.39 is 16.0 Å². The van der Waals surface area contributed by atoms with Crippen molar-refractivity contribution in [3.8, 4) is 0 Å². The molecule has 5 nitrogen and oxygen atoms in total. The van der Waals surface area contributed by atoms with Crippen LogP contribution >= 0.6 is 0 Å². The van der Waals surface area contributed by atoms with Gasteiger partial charge in [0.15, 0.2) is 0 Å². The maximum atomic E-state index is 11.6. The number of carboxylic acids is 1. The summed E-state index contributed by atoms with van der Waals surface area (Å²) in [6.45, 7) is 3.94. The Balaban J connectivity index is 4.14. The zero-order valence-corrected chi connectivity index (χ0v) is 10.2. The minimum absolute atomic E-state index is 0.0375. The molecule has 6 heteroatoms. The van der Waals surface area contributed by atoms with Crippen LogP contribution in [0, 0.1) is 5.92 Å². The van der Waals surface area contributed by atoms with Crippen LogP contribution in [-0.2, 0) is 14.8 Å². The molecule has 0 aromatic rings. The maximum Gasteiger partial charge on any atom is 0.304 e. The molecule has 0 saturated carbocycles. The van der Waals surface area contributed by atoms with Crippen LogP contribution in [0.3, 0.4) is 0 Å². The van der Waals surface area contributed by atoms with Crippen LogP contribution in [0.1, 0.15) is 26.7 Å². The van der Waals surface area contributed by atoms with Crippen LogP contribution < -0.4 is 0 Å². The summed E-state index contributed by atoms with van der Waals surface area (Å²) < 4.78 is 24.3. The molecule has 0 unspecified atom stereocenters. The molecule has 90 valence electrons. The largest absolute Gasteiger partial charge is 0.481 e. The SMILES string of the molecule is CC(C)CCS(=O)(=O)N(C)CCC(=O)O. The summed E-state index contributed by atoms with van der Waals surface area (Å²) in [6.07, 6.45) is 0.442. The Morgan fingerprint density at radius 3 is 2.33 bits per heavy atom. The van der Waals surface area contributed by atoms with Gasteiger partial charge in [0.25, 0.3) is 0 Å². The number of aliphatic carboxylic acids is 1. The highest BCUT2D eigenvalue weighted by molar-refractivity contribution is 7.89. The van der Waals surface area contributed by atoms with E-state index >= 15 is 0 Å². The first-order valence-electron chi connectivity index (χ1n) is 4.91. The van der Waals surface area contributed by atoms with Gasteiger partial charge in [0.1, 0.15) is 0 Å². The molecule has 0 atom stereocenters. The lowest BCUT2D eigenvalue weighted by molar-refractivity contribution is -0.137. The van der Waals surface area contributed by atoms with Gasteiger partial charge in [-0.25, -0.2) is 12.7 Å². The van der Waals surface area contributed by atoms with Gasteiger partial charge in [-0.1, -0.05) is 13.8 Å². The number of nitrogens with zero attached hydrogens (tertiary/aromatic N) is 1. The molecule has 0 aromatic carbocycles. The van der Waals surface area contributed by atoms with E-state index in [0.29, 0.717) is 12.3 Å². The normalized spacial score (nSPS) is 12.3. The highest BCUT2D eigenvalue weighted by Crippen LogP contribution is 2.06. The molecular weight excluding hydrogens is 218 g/mol. The molecule has 0 aliphatic heterocycles. The molecule has 0 spiro atoms. The van der Waals surface area contributed by atoms with Crippen LogP contribution in [0.25, 0.3) is 0 Å². The topological polar surface area (TPSA) is 74.7 Å². The van der Waals surface area contributed by atoms with Crippen molar-refractivity contribution in [3.63, 3.8) is 0 Å². The predicted octanol–water partition coefficient (Wildman–Crippen LogP) is 0.769. The van der Waals surface area contributed by atoms with Crippen molar-refractivity contribution in [3.05, 3.63) is 0 Å². The Labute approximate surface area is 91.1 Å².